The Labute approximate surface area is 116 Å². The number of piperidine rings is 3. The Morgan fingerprint density at radius 2 is 2.11 bits per heavy atom. The number of hydrogen-bond donors (Lipinski definition) is 1. The molecule has 4 heteroatoms. The van der Waals surface area contributed by atoms with Gasteiger partial charge in [0.25, 0.3) is 0 Å². The first-order valence-electron chi connectivity index (χ1n) is 6.62. The molecule has 4 rings (SSSR count). The minimum Gasteiger partial charge on any atom is -0.308 e. The quantitative estimate of drug-likeness (QED) is 0.923. The van der Waals surface area contributed by atoms with Crippen LogP contribution in [-0.4, -0.2) is 30.6 Å². The number of fused-ring (bicyclic) bond motifs is 3. The van der Waals surface area contributed by atoms with Crippen molar-refractivity contribution in [2.45, 2.75) is 25.4 Å². The summed E-state index contributed by atoms with van der Waals surface area (Å²) in [5.74, 6) is 0.645. The second kappa shape index (κ2) is 5.27. The van der Waals surface area contributed by atoms with Gasteiger partial charge in [-0.3, -0.25) is 0 Å². The van der Waals surface area contributed by atoms with Gasteiger partial charge < -0.3 is 10.2 Å². The highest BCUT2D eigenvalue weighted by Crippen LogP contribution is 2.28. The minimum atomic E-state index is -0.163. The van der Waals surface area contributed by atoms with E-state index < -0.39 is 0 Å². The van der Waals surface area contributed by atoms with Gasteiger partial charge in [0.05, 0.1) is 0 Å². The van der Waals surface area contributed by atoms with Gasteiger partial charge in [0.1, 0.15) is 5.82 Å². The Hall–Kier alpha value is -0.450. The predicted octanol–water partition coefficient (Wildman–Crippen LogP) is 2.77. The van der Waals surface area contributed by atoms with Gasteiger partial charge in [-0.1, -0.05) is 15.9 Å². The van der Waals surface area contributed by atoms with Crippen molar-refractivity contribution in [3.8, 4) is 0 Å². The van der Waals surface area contributed by atoms with Crippen LogP contribution >= 0.6 is 15.9 Å². The molecular weight excluding hydrogens is 295 g/mol. The summed E-state index contributed by atoms with van der Waals surface area (Å²) < 4.78 is 14.2. The van der Waals surface area contributed by atoms with Crippen LogP contribution in [-0.2, 0) is 6.54 Å². The minimum absolute atomic E-state index is 0.163. The highest BCUT2D eigenvalue weighted by molar-refractivity contribution is 9.10. The van der Waals surface area contributed by atoms with Crippen molar-refractivity contribution >= 4 is 15.9 Å². The van der Waals surface area contributed by atoms with Crippen LogP contribution in [0.1, 0.15) is 18.4 Å². The Balaban J connectivity index is 1.62. The van der Waals surface area contributed by atoms with E-state index in [9.17, 15) is 4.39 Å². The Bertz CT molecular complexity index is 430. The van der Waals surface area contributed by atoms with E-state index in [1.54, 1.807) is 12.1 Å². The first kappa shape index (κ1) is 12.6. The Morgan fingerprint density at radius 1 is 1.33 bits per heavy atom. The molecule has 0 saturated carbocycles. The fraction of sp³-hybridized carbons (Fsp3) is 0.571. The van der Waals surface area contributed by atoms with Crippen LogP contribution in [0.5, 0.6) is 0 Å². The number of nitrogens with one attached hydrogen (secondary N) is 1. The number of nitrogens with zero attached hydrogens (tertiary/aromatic N) is 1. The number of benzene rings is 1. The maximum absolute atomic E-state index is 13.2. The normalized spacial score (nSPS) is 30.7. The van der Waals surface area contributed by atoms with Gasteiger partial charge in [0.15, 0.2) is 0 Å². The number of rotatable bonds is 3. The highest BCUT2D eigenvalue weighted by atomic mass is 79.9. The van der Waals surface area contributed by atoms with E-state index in [1.165, 1.54) is 32.0 Å². The monoisotopic (exact) mass is 312 g/mol. The van der Waals surface area contributed by atoms with Crippen LogP contribution < -0.4 is 5.32 Å². The first-order chi connectivity index (χ1) is 8.72. The lowest BCUT2D eigenvalue weighted by Gasteiger charge is -2.45. The first-order valence-corrected chi connectivity index (χ1v) is 7.41. The smallest absolute Gasteiger partial charge is 0.123 e. The van der Waals surface area contributed by atoms with Crippen molar-refractivity contribution in [1.29, 1.82) is 0 Å². The van der Waals surface area contributed by atoms with E-state index >= 15 is 0 Å². The van der Waals surface area contributed by atoms with E-state index in [-0.39, 0.29) is 5.82 Å². The maximum atomic E-state index is 13.2. The van der Waals surface area contributed by atoms with Crippen LogP contribution in [0.3, 0.4) is 0 Å². The summed E-state index contributed by atoms with van der Waals surface area (Å²) in [5, 5.41) is 3.60. The van der Waals surface area contributed by atoms with Crippen LogP contribution in [0.2, 0.25) is 0 Å². The average Bonchev–Trinajstić information content (AvgIpc) is 2.41. The zero-order valence-corrected chi connectivity index (χ0v) is 11.9. The molecule has 3 aliphatic heterocycles. The van der Waals surface area contributed by atoms with Crippen molar-refractivity contribution in [2.24, 2.45) is 5.92 Å². The topological polar surface area (TPSA) is 15.3 Å². The molecule has 1 N–H and O–H groups in total. The van der Waals surface area contributed by atoms with Gasteiger partial charge in [-0.15, -0.1) is 0 Å². The standard InChI is InChI=1S/C14H18BrFN2/c15-13-2-1-12(16)7-11(13)8-17-14-9-18-5-3-10(14)4-6-18/h1-2,7,10,14,17H,3-6,8-9H2. The summed E-state index contributed by atoms with van der Waals surface area (Å²) in [5.41, 5.74) is 1.01. The fourth-order valence-corrected chi connectivity index (χ4v) is 3.50. The van der Waals surface area contributed by atoms with Crippen molar-refractivity contribution in [2.75, 3.05) is 19.6 Å². The molecule has 3 saturated heterocycles. The molecule has 2 bridgehead atoms. The summed E-state index contributed by atoms with van der Waals surface area (Å²) in [6, 6.07) is 5.45. The number of hydrogen-bond acceptors (Lipinski definition) is 2. The largest absolute Gasteiger partial charge is 0.308 e. The molecule has 3 fully saturated rings. The molecule has 98 valence electrons. The summed E-state index contributed by atoms with van der Waals surface area (Å²) >= 11 is 3.48. The van der Waals surface area contributed by atoms with Crippen molar-refractivity contribution in [1.82, 2.24) is 10.2 Å². The van der Waals surface area contributed by atoms with Gasteiger partial charge in [-0.2, -0.15) is 0 Å². The lowest BCUT2D eigenvalue weighted by molar-refractivity contribution is 0.0720. The summed E-state index contributed by atoms with van der Waals surface area (Å²) in [4.78, 5) is 2.53. The molecule has 0 amide bonds. The van der Waals surface area contributed by atoms with Gasteiger partial charge >= 0.3 is 0 Å². The fourth-order valence-electron chi connectivity index (χ4n) is 3.12. The highest BCUT2D eigenvalue weighted by Gasteiger charge is 2.33. The van der Waals surface area contributed by atoms with Crippen LogP contribution in [0.15, 0.2) is 22.7 Å². The van der Waals surface area contributed by atoms with Gasteiger partial charge in [-0.05, 0) is 55.6 Å². The van der Waals surface area contributed by atoms with Gasteiger partial charge in [0, 0.05) is 23.6 Å². The summed E-state index contributed by atoms with van der Waals surface area (Å²) in [7, 11) is 0. The van der Waals surface area contributed by atoms with Crippen molar-refractivity contribution in [3.63, 3.8) is 0 Å². The van der Waals surface area contributed by atoms with Crippen molar-refractivity contribution in [3.05, 3.63) is 34.1 Å². The van der Waals surface area contributed by atoms with Crippen LogP contribution in [0.4, 0.5) is 4.39 Å². The predicted molar refractivity (Wildman–Crippen MR) is 73.9 cm³/mol. The SMILES string of the molecule is Fc1ccc(Br)c(CNC2CN3CCC2CC3)c1. The lowest BCUT2D eigenvalue weighted by Crippen LogP contribution is -2.55. The molecule has 1 aromatic rings. The maximum Gasteiger partial charge on any atom is 0.123 e. The summed E-state index contributed by atoms with van der Waals surface area (Å²) in [6.07, 6.45) is 2.62. The molecule has 1 atom stereocenters. The lowest BCUT2D eigenvalue weighted by atomic mass is 9.84. The molecule has 18 heavy (non-hydrogen) atoms. The van der Waals surface area contributed by atoms with E-state index in [0.717, 1.165) is 29.0 Å². The molecule has 0 radical (unpaired) electrons. The Morgan fingerprint density at radius 3 is 2.78 bits per heavy atom. The van der Waals surface area contributed by atoms with Gasteiger partial charge in [0.2, 0.25) is 0 Å². The third-order valence-corrected chi connectivity index (χ3v) is 4.99. The Kier molecular flexibility index (Phi) is 3.68. The molecule has 1 unspecified atom stereocenters. The van der Waals surface area contributed by atoms with E-state index in [2.05, 4.69) is 26.1 Å². The molecule has 3 heterocycles. The van der Waals surface area contributed by atoms with Crippen molar-refractivity contribution < 1.29 is 4.39 Å². The zero-order valence-electron chi connectivity index (χ0n) is 10.3. The van der Waals surface area contributed by atoms with E-state index in [0.29, 0.717) is 6.04 Å². The van der Waals surface area contributed by atoms with E-state index in [1.807, 2.05) is 0 Å². The molecule has 0 spiro atoms. The zero-order chi connectivity index (χ0) is 12.5. The summed E-state index contributed by atoms with van der Waals surface area (Å²) in [6.45, 7) is 4.41. The van der Waals surface area contributed by atoms with Crippen LogP contribution in [0, 0.1) is 11.7 Å². The third-order valence-electron chi connectivity index (χ3n) is 4.22. The number of halogens is 2. The molecular formula is C14H18BrFN2. The molecule has 0 aromatic heterocycles. The third kappa shape index (κ3) is 2.60. The molecule has 1 aromatic carbocycles. The molecule has 2 nitrogen and oxygen atoms in total. The van der Waals surface area contributed by atoms with E-state index in [4.69, 9.17) is 0 Å². The molecule has 3 aliphatic rings. The molecule has 0 aliphatic carbocycles. The van der Waals surface area contributed by atoms with Gasteiger partial charge in [-0.25, -0.2) is 4.39 Å². The second-order valence-electron chi connectivity index (χ2n) is 5.36. The second-order valence-corrected chi connectivity index (χ2v) is 6.22. The average molecular weight is 313 g/mol. The van der Waals surface area contributed by atoms with Crippen LogP contribution in [0.25, 0.3) is 0 Å².